The van der Waals surface area contributed by atoms with E-state index in [4.69, 9.17) is 14.2 Å². The highest BCUT2D eigenvalue weighted by atomic mass is 79.9. The lowest BCUT2D eigenvalue weighted by molar-refractivity contribution is -0.163. The van der Waals surface area contributed by atoms with Gasteiger partial charge in [0.05, 0.1) is 43.2 Å². The van der Waals surface area contributed by atoms with Crippen LogP contribution in [0.15, 0.2) is 73.8 Å². The van der Waals surface area contributed by atoms with Gasteiger partial charge in [-0.15, -0.1) is 13.2 Å². The summed E-state index contributed by atoms with van der Waals surface area (Å²) in [5.41, 5.74) is 1.70. The van der Waals surface area contributed by atoms with Gasteiger partial charge in [-0.05, 0) is 49.8 Å². The van der Waals surface area contributed by atoms with Gasteiger partial charge in [-0.1, -0.05) is 83.5 Å². The normalized spacial score (nSPS) is 26.3. The fourth-order valence-corrected chi connectivity index (χ4v) is 9.29. The number of hydrogen-bond donors (Lipinski definition) is 2. The van der Waals surface area contributed by atoms with Crippen molar-refractivity contribution in [2.75, 3.05) is 31.8 Å². The van der Waals surface area contributed by atoms with Crippen LogP contribution in [0.25, 0.3) is 0 Å². The van der Waals surface area contributed by atoms with Gasteiger partial charge in [0.1, 0.15) is 17.7 Å². The fourth-order valence-electron chi connectivity index (χ4n) is 8.35. The number of para-hydroxylation sites is 1. The molecule has 0 aromatic heterocycles. The number of aliphatic hydroxyl groups excluding tert-OH is 1. The number of amides is 3. The summed E-state index contributed by atoms with van der Waals surface area (Å²) in [5.74, 6) is -3.90. The molecule has 0 saturated carbocycles. The predicted molar refractivity (Wildman–Crippen MR) is 201 cm³/mol. The van der Waals surface area contributed by atoms with Gasteiger partial charge in [0.25, 0.3) is 5.91 Å². The number of nitrogens with zero attached hydrogens (tertiary/aromatic N) is 2. The number of methoxy groups -OCH3 is 1. The summed E-state index contributed by atoms with van der Waals surface area (Å²) in [6.45, 7) is 13.1. The molecule has 0 radical (unpaired) electrons. The number of benzene rings is 2. The number of nitrogens with one attached hydrogen (secondary N) is 1. The van der Waals surface area contributed by atoms with E-state index < -0.39 is 59.6 Å². The van der Waals surface area contributed by atoms with Crippen molar-refractivity contribution >= 4 is 45.3 Å². The first kappa shape index (κ1) is 39.4. The van der Waals surface area contributed by atoms with Crippen LogP contribution in [0.3, 0.4) is 0 Å². The number of aliphatic hydroxyl groups is 1. The minimum atomic E-state index is -1.39. The Balaban J connectivity index is 1.56. The molecule has 2 bridgehead atoms. The Bertz CT molecular complexity index is 1630. The molecule has 11 nitrogen and oxygen atoms in total. The number of hydrogen-bond acceptors (Lipinski definition) is 8. The summed E-state index contributed by atoms with van der Waals surface area (Å²) >= 11 is 3.74. The Morgan fingerprint density at radius 1 is 1.13 bits per heavy atom. The topological polar surface area (TPSA) is 135 Å². The monoisotopic (exact) mass is 779 g/mol. The summed E-state index contributed by atoms with van der Waals surface area (Å²) in [4.78, 5) is 60.1. The second-order valence-electron chi connectivity index (χ2n) is 13.9. The Kier molecular flexibility index (Phi) is 12.8. The number of rotatable bonds is 17. The highest BCUT2D eigenvalue weighted by molar-refractivity contribution is 9.09. The molecule has 52 heavy (non-hydrogen) atoms. The van der Waals surface area contributed by atoms with E-state index in [1.165, 1.54) is 12.0 Å². The number of aryl methyl sites for hydroxylation is 2. The summed E-state index contributed by atoms with van der Waals surface area (Å²) < 4.78 is 18.6. The molecule has 12 heteroatoms. The molecule has 9 atom stereocenters. The summed E-state index contributed by atoms with van der Waals surface area (Å²) in [7, 11) is 1.50. The molecule has 3 aliphatic heterocycles. The second kappa shape index (κ2) is 16.9. The van der Waals surface area contributed by atoms with Crippen LogP contribution in [0.5, 0.6) is 0 Å². The van der Waals surface area contributed by atoms with Crippen LogP contribution >= 0.6 is 15.9 Å². The molecule has 0 aliphatic carbocycles. The van der Waals surface area contributed by atoms with Crippen molar-refractivity contribution < 1.29 is 38.5 Å². The molecule has 3 fully saturated rings. The van der Waals surface area contributed by atoms with Gasteiger partial charge in [-0.3, -0.25) is 19.2 Å². The molecule has 1 unspecified atom stereocenters. The van der Waals surface area contributed by atoms with Crippen molar-refractivity contribution in [3.8, 4) is 0 Å². The molecule has 5 rings (SSSR count). The van der Waals surface area contributed by atoms with Crippen molar-refractivity contribution in [1.82, 2.24) is 10.2 Å². The highest BCUT2D eigenvalue weighted by Crippen LogP contribution is 2.61. The Labute approximate surface area is 314 Å². The fraction of sp³-hybridized carbons (Fsp3) is 0.500. The number of allylic oxidation sites excluding steroid dienone is 1. The number of halogens is 1. The smallest absolute Gasteiger partial charge is 0.313 e. The third-order valence-corrected chi connectivity index (χ3v) is 11.4. The standard InChI is InChI=1S/C40H50BrN3O8/c1-7-10-19-30(46)42-29(23-50-6)34(26-17-12-11-13-18-26)51-39(49)31-32-37(47)44(27(9-3)22-45)36(40(32)21-28(41)35(31)52-40)38(48)43(20-8-2)33-24(4)15-14-16-25(33)5/h7-8,11-18,27-29,31-32,34-36,45H,1-2,9-10,19-23H2,3-6H3,(H,42,46)/t27-,28?,29-,31-,32+,34-,35-,36-,40+/m0/s1. The van der Waals surface area contributed by atoms with E-state index in [0.29, 0.717) is 24.1 Å². The molecule has 3 heterocycles. The molecule has 3 amide bonds. The van der Waals surface area contributed by atoms with E-state index in [-0.39, 0.29) is 49.2 Å². The van der Waals surface area contributed by atoms with Crippen LogP contribution in [0.2, 0.25) is 0 Å². The zero-order valence-corrected chi connectivity index (χ0v) is 31.9. The van der Waals surface area contributed by atoms with E-state index in [1.54, 1.807) is 29.2 Å². The number of carbonyl (C=O) groups is 4. The summed E-state index contributed by atoms with van der Waals surface area (Å²) in [6.07, 6.45) is 2.87. The second-order valence-corrected chi connectivity index (χ2v) is 15.0. The molecular formula is C40H50BrN3O8. The van der Waals surface area contributed by atoms with Crippen molar-refractivity contribution in [3.05, 3.63) is 90.5 Å². The number of alkyl halides is 1. The minimum absolute atomic E-state index is 0.0428. The highest BCUT2D eigenvalue weighted by Gasteiger charge is 2.77. The minimum Gasteiger partial charge on any atom is -0.455 e. The third-order valence-electron chi connectivity index (χ3n) is 10.6. The number of ether oxygens (including phenoxy) is 3. The number of fused-ring (bicyclic) bond motifs is 1. The zero-order valence-electron chi connectivity index (χ0n) is 30.3. The molecule has 2 aromatic rings. The van der Waals surface area contributed by atoms with Crippen LogP contribution in [0.4, 0.5) is 5.69 Å². The maximum absolute atomic E-state index is 15.1. The number of esters is 1. The SMILES string of the molecule is C=CCCC(=O)N[C@@H](COC)[C@@H](OC(=O)[C@@H]1[C@H]2O[C@@]3(CC2Br)[C@H](C(=O)N(CC=C)c2c(C)cccc2C)N([C@@H](CC)CO)C(=O)[C@@H]13)c1ccccc1. The van der Waals surface area contributed by atoms with Gasteiger partial charge < -0.3 is 34.4 Å². The van der Waals surface area contributed by atoms with Crippen LogP contribution in [0.1, 0.15) is 55.4 Å². The van der Waals surface area contributed by atoms with Gasteiger partial charge in [0.15, 0.2) is 0 Å². The molecule has 3 aliphatic rings. The first-order valence-electron chi connectivity index (χ1n) is 17.9. The Morgan fingerprint density at radius 3 is 2.42 bits per heavy atom. The lowest BCUT2D eigenvalue weighted by Crippen LogP contribution is -2.59. The van der Waals surface area contributed by atoms with E-state index in [9.17, 15) is 19.5 Å². The van der Waals surface area contributed by atoms with Gasteiger partial charge in [0, 0.05) is 30.6 Å². The average molecular weight is 781 g/mol. The van der Waals surface area contributed by atoms with Crippen molar-refractivity contribution in [3.63, 3.8) is 0 Å². The first-order valence-corrected chi connectivity index (χ1v) is 18.8. The number of anilines is 1. The molecule has 2 N–H and O–H groups in total. The van der Waals surface area contributed by atoms with Crippen LogP contribution in [0, 0.1) is 25.7 Å². The molecule has 1 spiro atoms. The van der Waals surface area contributed by atoms with Gasteiger partial charge in [-0.2, -0.15) is 0 Å². The summed E-state index contributed by atoms with van der Waals surface area (Å²) in [5, 5.41) is 13.5. The molecule has 280 valence electrons. The Hall–Kier alpha value is -3.84. The van der Waals surface area contributed by atoms with Crippen LogP contribution in [-0.2, 0) is 33.4 Å². The lowest BCUT2D eigenvalue weighted by Gasteiger charge is -2.39. The lowest BCUT2D eigenvalue weighted by atomic mass is 9.70. The predicted octanol–water partition coefficient (Wildman–Crippen LogP) is 4.72. The van der Waals surface area contributed by atoms with Crippen LogP contribution < -0.4 is 10.2 Å². The average Bonchev–Trinajstić information content (AvgIpc) is 3.73. The number of carbonyl (C=O) groups excluding carboxylic acids is 4. The molecule has 2 aromatic carbocycles. The van der Waals surface area contributed by atoms with E-state index in [1.807, 2.05) is 57.2 Å². The van der Waals surface area contributed by atoms with Crippen molar-refractivity contribution in [2.24, 2.45) is 11.8 Å². The maximum Gasteiger partial charge on any atom is 0.313 e. The summed E-state index contributed by atoms with van der Waals surface area (Å²) in [6, 6.07) is 12.2. The number of likely N-dealkylation sites (tertiary alicyclic amines) is 1. The third kappa shape index (κ3) is 7.22. The van der Waals surface area contributed by atoms with Crippen LogP contribution in [-0.4, -0.2) is 95.2 Å². The molecule has 3 saturated heterocycles. The van der Waals surface area contributed by atoms with E-state index in [0.717, 1.165) is 11.1 Å². The van der Waals surface area contributed by atoms with Crippen molar-refractivity contribution in [2.45, 2.75) is 87.2 Å². The first-order chi connectivity index (χ1) is 25.0. The maximum atomic E-state index is 15.1. The van der Waals surface area contributed by atoms with E-state index >= 15 is 4.79 Å². The Morgan fingerprint density at radius 2 is 1.83 bits per heavy atom. The molecular weight excluding hydrogens is 730 g/mol. The zero-order chi connectivity index (χ0) is 37.7. The van der Waals surface area contributed by atoms with E-state index in [2.05, 4.69) is 34.4 Å². The van der Waals surface area contributed by atoms with Gasteiger partial charge in [-0.25, -0.2) is 0 Å². The largest absolute Gasteiger partial charge is 0.455 e. The van der Waals surface area contributed by atoms with Crippen molar-refractivity contribution in [1.29, 1.82) is 0 Å². The quantitative estimate of drug-likeness (QED) is 0.134. The van der Waals surface area contributed by atoms with Gasteiger partial charge in [0.2, 0.25) is 11.8 Å². The van der Waals surface area contributed by atoms with Gasteiger partial charge >= 0.3 is 5.97 Å².